The maximum absolute atomic E-state index is 11.2. The van der Waals surface area contributed by atoms with Crippen LogP contribution in [-0.2, 0) is 0 Å². The molecule has 7 heteroatoms. The zero-order valence-electron chi connectivity index (χ0n) is 12.0. The monoisotopic (exact) mass is 279 g/mol. The molecule has 1 unspecified atom stereocenters. The number of aromatic nitrogens is 2. The fraction of sp³-hybridized carbons (Fsp3) is 0.692. The van der Waals surface area contributed by atoms with Crippen LogP contribution in [0.4, 0.5) is 17.5 Å². The minimum absolute atomic E-state index is 0.00740. The lowest BCUT2D eigenvalue weighted by atomic mass is 9.98. The number of nitrogens with zero attached hydrogens (tertiary/aromatic N) is 4. The molecule has 1 aromatic heterocycles. The van der Waals surface area contributed by atoms with Crippen LogP contribution in [0.5, 0.6) is 0 Å². The Morgan fingerprint density at radius 3 is 3.00 bits per heavy atom. The van der Waals surface area contributed by atoms with Crippen LogP contribution in [0.15, 0.2) is 6.20 Å². The highest BCUT2D eigenvalue weighted by molar-refractivity contribution is 5.59. The maximum Gasteiger partial charge on any atom is 0.329 e. The van der Waals surface area contributed by atoms with Gasteiger partial charge in [0.1, 0.15) is 6.20 Å². The van der Waals surface area contributed by atoms with Crippen molar-refractivity contribution in [1.29, 1.82) is 0 Å². The quantitative estimate of drug-likeness (QED) is 0.658. The zero-order chi connectivity index (χ0) is 14.5. The highest BCUT2D eigenvalue weighted by atomic mass is 16.6. The van der Waals surface area contributed by atoms with Crippen molar-refractivity contribution in [2.45, 2.75) is 45.1 Å². The average Bonchev–Trinajstić information content (AvgIpc) is 2.47. The molecule has 2 heterocycles. The lowest BCUT2D eigenvalue weighted by Gasteiger charge is -2.36. The number of nitro groups is 1. The van der Waals surface area contributed by atoms with Crippen LogP contribution in [0, 0.1) is 10.1 Å². The van der Waals surface area contributed by atoms with Crippen molar-refractivity contribution in [2.75, 3.05) is 23.8 Å². The summed E-state index contributed by atoms with van der Waals surface area (Å²) in [6.45, 7) is 2.96. The molecule has 0 bridgehead atoms. The number of piperidine rings is 1. The van der Waals surface area contributed by atoms with Crippen LogP contribution in [0.1, 0.15) is 39.0 Å². The van der Waals surface area contributed by atoms with E-state index in [4.69, 9.17) is 0 Å². The predicted molar refractivity (Wildman–Crippen MR) is 78.1 cm³/mol. The molecule has 1 aromatic rings. The van der Waals surface area contributed by atoms with E-state index >= 15 is 0 Å². The van der Waals surface area contributed by atoms with Gasteiger partial charge in [-0.2, -0.15) is 4.98 Å². The first-order valence-electron chi connectivity index (χ1n) is 7.13. The summed E-state index contributed by atoms with van der Waals surface area (Å²) >= 11 is 0. The Bertz CT molecular complexity index is 478. The molecule has 1 fully saturated rings. The van der Waals surface area contributed by atoms with Gasteiger partial charge in [-0.1, -0.05) is 13.3 Å². The van der Waals surface area contributed by atoms with Gasteiger partial charge >= 0.3 is 5.69 Å². The molecule has 1 saturated heterocycles. The third kappa shape index (κ3) is 2.97. The predicted octanol–water partition coefficient (Wildman–Crippen LogP) is 2.59. The molecule has 0 aromatic carbocycles. The molecule has 0 amide bonds. The smallest absolute Gasteiger partial charge is 0.329 e. The molecule has 0 aliphatic carbocycles. The summed E-state index contributed by atoms with van der Waals surface area (Å²) in [5, 5.41) is 14.1. The van der Waals surface area contributed by atoms with Crippen molar-refractivity contribution in [3.05, 3.63) is 16.3 Å². The zero-order valence-corrected chi connectivity index (χ0v) is 12.0. The SMILES string of the molecule is CCCC1CCCCN1c1nc(NC)ncc1[N+](=O)[O-]. The van der Waals surface area contributed by atoms with Gasteiger partial charge in [-0.3, -0.25) is 10.1 Å². The lowest BCUT2D eigenvalue weighted by Crippen LogP contribution is -2.40. The first kappa shape index (κ1) is 14.5. The highest BCUT2D eigenvalue weighted by Gasteiger charge is 2.29. The van der Waals surface area contributed by atoms with E-state index in [0.29, 0.717) is 17.8 Å². The maximum atomic E-state index is 11.2. The lowest BCUT2D eigenvalue weighted by molar-refractivity contribution is -0.384. The van der Waals surface area contributed by atoms with E-state index in [9.17, 15) is 10.1 Å². The Morgan fingerprint density at radius 1 is 1.55 bits per heavy atom. The van der Waals surface area contributed by atoms with Crippen molar-refractivity contribution in [3.63, 3.8) is 0 Å². The largest absolute Gasteiger partial charge is 0.357 e. The summed E-state index contributed by atoms with van der Waals surface area (Å²) in [6, 6.07) is 0.340. The van der Waals surface area contributed by atoms with Gasteiger partial charge in [0.2, 0.25) is 11.8 Å². The van der Waals surface area contributed by atoms with Gasteiger partial charge in [0.05, 0.1) is 4.92 Å². The minimum Gasteiger partial charge on any atom is -0.357 e. The van der Waals surface area contributed by atoms with Gasteiger partial charge < -0.3 is 10.2 Å². The van der Waals surface area contributed by atoms with Gasteiger partial charge in [0.15, 0.2) is 0 Å². The average molecular weight is 279 g/mol. The van der Waals surface area contributed by atoms with Crippen LogP contribution < -0.4 is 10.2 Å². The molecule has 20 heavy (non-hydrogen) atoms. The van der Waals surface area contributed by atoms with Gasteiger partial charge in [0, 0.05) is 19.6 Å². The van der Waals surface area contributed by atoms with E-state index in [1.165, 1.54) is 12.6 Å². The van der Waals surface area contributed by atoms with E-state index < -0.39 is 4.92 Å². The summed E-state index contributed by atoms with van der Waals surface area (Å²) in [4.78, 5) is 21.2. The normalized spacial score (nSPS) is 18.9. The fourth-order valence-electron chi connectivity index (χ4n) is 2.74. The van der Waals surface area contributed by atoms with Gasteiger partial charge in [-0.05, 0) is 25.7 Å². The Labute approximate surface area is 118 Å². The van der Waals surface area contributed by atoms with Crippen LogP contribution in [0.3, 0.4) is 0 Å². The van der Waals surface area contributed by atoms with E-state index in [1.807, 2.05) is 0 Å². The van der Waals surface area contributed by atoms with E-state index in [-0.39, 0.29) is 5.69 Å². The summed E-state index contributed by atoms with van der Waals surface area (Å²) < 4.78 is 0. The molecular weight excluding hydrogens is 258 g/mol. The summed E-state index contributed by atoms with van der Waals surface area (Å²) in [5.41, 5.74) is -0.00740. The Balaban J connectivity index is 2.39. The molecule has 0 radical (unpaired) electrons. The second-order valence-corrected chi connectivity index (χ2v) is 5.04. The summed E-state index contributed by atoms with van der Waals surface area (Å²) in [7, 11) is 1.71. The molecule has 0 spiro atoms. The Kier molecular flexibility index (Phi) is 4.70. The van der Waals surface area contributed by atoms with Gasteiger partial charge in [-0.15, -0.1) is 0 Å². The molecule has 7 nitrogen and oxygen atoms in total. The van der Waals surface area contributed by atoms with E-state index in [0.717, 1.165) is 32.2 Å². The number of hydrogen-bond acceptors (Lipinski definition) is 6. The Morgan fingerprint density at radius 2 is 2.35 bits per heavy atom. The van der Waals surface area contributed by atoms with Crippen molar-refractivity contribution < 1.29 is 4.92 Å². The van der Waals surface area contributed by atoms with E-state index in [2.05, 4.69) is 27.1 Å². The second kappa shape index (κ2) is 6.49. The molecular formula is C13H21N5O2. The standard InChI is InChI=1S/C13H21N5O2/c1-3-6-10-7-4-5-8-17(10)12-11(18(19)20)9-15-13(14-2)16-12/h9-10H,3-8H2,1-2H3,(H,14,15,16). The van der Waals surface area contributed by atoms with E-state index in [1.54, 1.807) is 7.05 Å². The Hall–Kier alpha value is -1.92. The summed E-state index contributed by atoms with van der Waals surface area (Å²) in [6.07, 6.45) is 6.71. The number of nitrogens with one attached hydrogen (secondary N) is 1. The third-order valence-corrected chi connectivity index (χ3v) is 3.69. The minimum atomic E-state index is -0.396. The van der Waals surface area contributed by atoms with Crippen molar-refractivity contribution in [1.82, 2.24) is 9.97 Å². The topological polar surface area (TPSA) is 84.2 Å². The van der Waals surface area contributed by atoms with Crippen molar-refractivity contribution in [2.24, 2.45) is 0 Å². The molecule has 1 aliphatic rings. The highest BCUT2D eigenvalue weighted by Crippen LogP contribution is 2.32. The van der Waals surface area contributed by atoms with Crippen LogP contribution in [-0.4, -0.2) is 34.5 Å². The van der Waals surface area contributed by atoms with Crippen molar-refractivity contribution in [3.8, 4) is 0 Å². The van der Waals surface area contributed by atoms with Gasteiger partial charge in [0.25, 0.3) is 0 Å². The molecule has 0 saturated carbocycles. The fourth-order valence-corrected chi connectivity index (χ4v) is 2.74. The number of anilines is 2. The molecule has 2 rings (SSSR count). The molecule has 1 atom stereocenters. The third-order valence-electron chi connectivity index (χ3n) is 3.69. The number of hydrogen-bond donors (Lipinski definition) is 1. The van der Waals surface area contributed by atoms with Crippen LogP contribution in [0.25, 0.3) is 0 Å². The molecule has 1 N–H and O–H groups in total. The molecule has 110 valence electrons. The summed E-state index contributed by atoms with van der Waals surface area (Å²) in [5.74, 6) is 0.874. The second-order valence-electron chi connectivity index (χ2n) is 5.04. The van der Waals surface area contributed by atoms with Crippen LogP contribution in [0.2, 0.25) is 0 Å². The van der Waals surface area contributed by atoms with Crippen LogP contribution >= 0.6 is 0 Å². The van der Waals surface area contributed by atoms with Gasteiger partial charge in [-0.25, -0.2) is 4.98 Å². The number of rotatable bonds is 5. The van der Waals surface area contributed by atoms with Crippen molar-refractivity contribution >= 4 is 17.5 Å². The molecule has 1 aliphatic heterocycles. The first-order valence-corrected chi connectivity index (χ1v) is 7.13. The first-order chi connectivity index (χ1) is 9.67.